The van der Waals surface area contributed by atoms with Gasteiger partial charge in [0.2, 0.25) is 10.0 Å². The number of carbonyl (C=O) groups is 1. The largest absolute Gasteiger partial charge is 0.457 e. The monoisotopic (exact) mass is 412 g/mol. The van der Waals surface area contributed by atoms with Gasteiger partial charge in [-0.15, -0.1) is 0 Å². The molecule has 0 aromatic heterocycles. The fraction of sp³-hybridized carbons (Fsp3) is 0.364. The van der Waals surface area contributed by atoms with Crippen LogP contribution in [0.1, 0.15) is 41.8 Å². The summed E-state index contributed by atoms with van der Waals surface area (Å²) in [5, 5.41) is 8.80. The van der Waals surface area contributed by atoms with Crippen molar-refractivity contribution >= 4 is 16.0 Å². The zero-order chi connectivity index (χ0) is 21.0. The second-order valence-corrected chi connectivity index (χ2v) is 9.62. The molecule has 0 N–H and O–H groups in total. The van der Waals surface area contributed by atoms with Gasteiger partial charge in [-0.2, -0.15) is 9.57 Å². The number of nitriles is 1. The number of sulfonamides is 1. The molecule has 3 rings (SSSR count). The maximum atomic E-state index is 12.9. The van der Waals surface area contributed by atoms with Crippen LogP contribution in [0.4, 0.5) is 0 Å². The third-order valence-electron chi connectivity index (χ3n) is 5.02. The molecule has 2 aromatic rings. The number of carbonyl (C=O) groups excluding carboxylic acids is 1. The highest BCUT2D eigenvalue weighted by Gasteiger charge is 2.31. The highest BCUT2D eigenvalue weighted by atomic mass is 32.2. The molecule has 7 heteroatoms. The van der Waals surface area contributed by atoms with Gasteiger partial charge in [0.1, 0.15) is 6.61 Å². The Kier molecular flexibility index (Phi) is 6.36. The lowest BCUT2D eigenvalue weighted by Crippen LogP contribution is -2.42. The second-order valence-electron chi connectivity index (χ2n) is 7.68. The molecule has 0 aliphatic carbocycles. The van der Waals surface area contributed by atoms with Gasteiger partial charge in [0, 0.05) is 13.1 Å². The van der Waals surface area contributed by atoms with Gasteiger partial charge in [-0.25, -0.2) is 13.2 Å². The number of esters is 1. The molecule has 0 radical (unpaired) electrons. The molecule has 1 fully saturated rings. The average Bonchev–Trinajstić information content (AvgIpc) is 2.71. The van der Waals surface area contributed by atoms with Gasteiger partial charge in [0.05, 0.1) is 22.1 Å². The summed E-state index contributed by atoms with van der Waals surface area (Å²) in [6.45, 7) is 5.23. The first-order chi connectivity index (χ1) is 13.8. The molecular weight excluding hydrogens is 388 g/mol. The van der Waals surface area contributed by atoms with E-state index in [4.69, 9.17) is 10.00 Å². The van der Waals surface area contributed by atoms with E-state index in [1.807, 2.05) is 6.07 Å². The van der Waals surface area contributed by atoms with E-state index >= 15 is 0 Å². The lowest BCUT2D eigenvalue weighted by Gasteiger charge is -2.34. The van der Waals surface area contributed by atoms with Gasteiger partial charge in [0.25, 0.3) is 0 Å². The van der Waals surface area contributed by atoms with Crippen molar-refractivity contribution in [2.75, 3.05) is 13.1 Å². The zero-order valence-corrected chi connectivity index (χ0v) is 17.4. The van der Waals surface area contributed by atoms with Gasteiger partial charge in [-0.05, 0) is 60.2 Å². The topological polar surface area (TPSA) is 87.5 Å². The van der Waals surface area contributed by atoms with E-state index in [0.717, 1.165) is 12.0 Å². The minimum Gasteiger partial charge on any atom is -0.457 e. The van der Waals surface area contributed by atoms with Gasteiger partial charge < -0.3 is 4.74 Å². The standard InChI is InChI=1S/C22H24N2O4S/c1-16-11-17(2)14-24(13-16)29(26,27)21-9-7-20(8-10-21)22(25)28-15-19-5-3-18(12-23)4-6-19/h3-10,16-17H,11,13-15H2,1-2H3/t16-,17-/m0/s1. The highest BCUT2D eigenvalue weighted by Crippen LogP contribution is 2.26. The molecular formula is C22H24N2O4S. The molecule has 1 aliphatic rings. The van der Waals surface area contributed by atoms with Crippen molar-refractivity contribution in [1.82, 2.24) is 4.31 Å². The summed E-state index contributed by atoms with van der Waals surface area (Å²) in [7, 11) is -3.58. The fourth-order valence-electron chi connectivity index (χ4n) is 3.62. The molecule has 0 spiro atoms. The van der Waals surface area contributed by atoms with Gasteiger partial charge >= 0.3 is 5.97 Å². The molecule has 29 heavy (non-hydrogen) atoms. The van der Waals surface area contributed by atoms with Crippen LogP contribution in [-0.2, 0) is 21.4 Å². The molecule has 152 valence electrons. The fourth-order valence-corrected chi connectivity index (χ4v) is 5.30. The first-order valence-corrected chi connectivity index (χ1v) is 11.0. The Hall–Kier alpha value is -2.69. The van der Waals surface area contributed by atoms with Crippen LogP contribution in [-0.4, -0.2) is 31.8 Å². The van der Waals surface area contributed by atoms with E-state index < -0.39 is 16.0 Å². The number of piperidine rings is 1. The molecule has 0 amide bonds. The molecule has 6 nitrogen and oxygen atoms in total. The summed E-state index contributed by atoms with van der Waals surface area (Å²) < 4.78 is 32.6. The molecule has 0 bridgehead atoms. The van der Waals surface area contributed by atoms with Crippen LogP contribution in [0.25, 0.3) is 0 Å². The smallest absolute Gasteiger partial charge is 0.338 e. The minimum atomic E-state index is -3.58. The number of benzene rings is 2. The second kappa shape index (κ2) is 8.76. The van der Waals surface area contributed by atoms with Crippen LogP contribution < -0.4 is 0 Å². The van der Waals surface area contributed by atoms with E-state index in [2.05, 4.69) is 13.8 Å². The Morgan fingerprint density at radius 3 is 2.21 bits per heavy atom. The molecule has 1 aliphatic heterocycles. The van der Waals surface area contributed by atoms with Crippen molar-refractivity contribution in [3.8, 4) is 6.07 Å². The maximum absolute atomic E-state index is 12.9. The van der Waals surface area contributed by atoms with Crippen LogP contribution in [0, 0.1) is 23.2 Å². The van der Waals surface area contributed by atoms with Gasteiger partial charge in [-0.3, -0.25) is 0 Å². The summed E-state index contributed by atoms with van der Waals surface area (Å²) in [6, 6.07) is 14.7. The average molecular weight is 413 g/mol. The number of rotatable bonds is 5. The molecule has 1 heterocycles. The Bertz CT molecular complexity index is 998. The van der Waals surface area contributed by atoms with Crippen LogP contribution in [0.15, 0.2) is 53.4 Å². The van der Waals surface area contributed by atoms with Crippen molar-refractivity contribution in [1.29, 1.82) is 5.26 Å². The summed E-state index contributed by atoms with van der Waals surface area (Å²) in [5.74, 6) is 0.119. The molecule has 2 atom stereocenters. The lowest BCUT2D eigenvalue weighted by molar-refractivity contribution is 0.0472. The van der Waals surface area contributed by atoms with Crippen molar-refractivity contribution < 1.29 is 17.9 Å². The van der Waals surface area contributed by atoms with Gasteiger partial charge in [0.15, 0.2) is 0 Å². The van der Waals surface area contributed by atoms with Crippen LogP contribution >= 0.6 is 0 Å². The summed E-state index contributed by atoms with van der Waals surface area (Å²) in [4.78, 5) is 12.4. The van der Waals surface area contributed by atoms with Crippen molar-refractivity contribution in [2.45, 2.75) is 31.8 Å². The third-order valence-corrected chi connectivity index (χ3v) is 6.86. The van der Waals surface area contributed by atoms with E-state index in [0.29, 0.717) is 30.5 Å². The number of hydrogen-bond acceptors (Lipinski definition) is 5. The first-order valence-electron chi connectivity index (χ1n) is 9.56. The Labute approximate surface area is 171 Å². The zero-order valence-electron chi connectivity index (χ0n) is 16.5. The molecule has 0 unspecified atom stereocenters. The maximum Gasteiger partial charge on any atom is 0.338 e. The van der Waals surface area contributed by atoms with Crippen molar-refractivity contribution in [2.24, 2.45) is 11.8 Å². The quantitative estimate of drug-likeness (QED) is 0.701. The summed E-state index contributed by atoms with van der Waals surface area (Å²) in [5.41, 5.74) is 1.59. The number of ether oxygens (including phenoxy) is 1. The minimum absolute atomic E-state index is 0.0775. The van der Waals surface area contributed by atoms with E-state index in [1.54, 1.807) is 24.3 Å². The van der Waals surface area contributed by atoms with E-state index in [1.165, 1.54) is 28.6 Å². The van der Waals surface area contributed by atoms with Crippen LogP contribution in [0.3, 0.4) is 0 Å². The summed E-state index contributed by atoms with van der Waals surface area (Å²) in [6.07, 6.45) is 1.02. The van der Waals surface area contributed by atoms with E-state index in [9.17, 15) is 13.2 Å². The Balaban J connectivity index is 1.65. The molecule has 2 aromatic carbocycles. The molecule has 1 saturated heterocycles. The molecule has 0 saturated carbocycles. The van der Waals surface area contributed by atoms with E-state index in [-0.39, 0.29) is 17.1 Å². The van der Waals surface area contributed by atoms with Crippen LogP contribution in [0.2, 0.25) is 0 Å². The Morgan fingerprint density at radius 1 is 1.07 bits per heavy atom. The number of hydrogen-bond donors (Lipinski definition) is 0. The van der Waals surface area contributed by atoms with Crippen LogP contribution in [0.5, 0.6) is 0 Å². The third kappa shape index (κ3) is 5.03. The van der Waals surface area contributed by atoms with Crippen molar-refractivity contribution in [3.63, 3.8) is 0 Å². The Morgan fingerprint density at radius 2 is 1.66 bits per heavy atom. The van der Waals surface area contributed by atoms with Crippen molar-refractivity contribution in [3.05, 3.63) is 65.2 Å². The SMILES string of the molecule is C[C@H]1C[C@H](C)CN(S(=O)(=O)c2ccc(C(=O)OCc3ccc(C#N)cc3)cc2)C1. The normalized spacial score (nSPS) is 20.0. The van der Waals surface area contributed by atoms with Gasteiger partial charge in [-0.1, -0.05) is 26.0 Å². The first kappa shape index (κ1) is 21.0. The lowest BCUT2D eigenvalue weighted by atomic mass is 9.94. The summed E-state index contributed by atoms with van der Waals surface area (Å²) >= 11 is 0. The highest BCUT2D eigenvalue weighted by molar-refractivity contribution is 7.89. The number of nitrogens with zero attached hydrogens (tertiary/aromatic N) is 2. The predicted molar refractivity (Wildman–Crippen MR) is 108 cm³/mol. The predicted octanol–water partition coefficient (Wildman–Crippen LogP) is 3.58.